The Kier molecular flexibility index (Phi) is 5.22. The number of aryl methyl sites for hydroxylation is 2. The van der Waals surface area contributed by atoms with E-state index in [2.05, 4.69) is 19.9 Å². The second-order valence-electron chi connectivity index (χ2n) is 6.49. The van der Waals surface area contributed by atoms with Crippen LogP contribution in [0, 0.1) is 19.3 Å². The van der Waals surface area contributed by atoms with Crippen LogP contribution in [0.5, 0.6) is 0 Å². The summed E-state index contributed by atoms with van der Waals surface area (Å²) in [7, 11) is 0. The molecule has 1 amide bonds. The topological polar surface area (TPSA) is 46.3 Å². The van der Waals surface area contributed by atoms with Gasteiger partial charge in [-0.2, -0.15) is 0 Å². The zero-order valence-electron chi connectivity index (χ0n) is 12.8. The van der Waals surface area contributed by atoms with Crippen molar-refractivity contribution in [3.63, 3.8) is 0 Å². The normalized spacial score (nSPS) is 21.2. The van der Waals surface area contributed by atoms with Gasteiger partial charge in [-0.05, 0) is 37.8 Å². The molecule has 1 unspecified atom stereocenters. The predicted octanol–water partition coefficient (Wildman–Crippen LogP) is 2.92. The summed E-state index contributed by atoms with van der Waals surface area (Å²) in [5.41, 5.74) is 9.18. The lowest BCUT2D eigenvalue weighted by Gasteiger charge is -2.42. The first-order valence-corrected chi connectivity index (χ1v) is 6.93. The third-order valence-corrected chi connectivity index (χ3v) is 4.07. The zero-order chi connectivity index (χ0) is 14.2. The van der Waals surface area contributed by atoms with Gasteiger partial charge in [-0.3, -0.25) is 4.79 Å². The number of carbonyl (C=O) groups excluding carboxylic acids is 1. The van der Waals surface area contributed by atoms with Crippen molar-refractivity contribution in [3.8, 4) is 0 Å². The zero-order valence-corrected chi connectivity index (χ0v) is 13.6. The molecule has 1 heterocycles. The largest absolute Gasteiger partial charge is 0.338 e. The summed E-state index contributed by atoms with van der Waals surface area (Å²) in [5, 5.41) is 0. The summed E-state index contributed by atoms with van der Waals surface area (Å²) in [6.45, 7) is 9.83. The lowest BCUT2D eigenvalue weighted by atomic mass is 9.79. The molecule has 1 saturated heterocycles. The Morgan fingerprint density at radius 3 is 2.30 bits per heavy atom. The van der Waals surface area contributed by atoms with Gasteiger partial charge in [0.1, 0.15) is 0 Å². The molecule has 0 aromatic heterocycles. The number of rotatable bonds is 1. The van der Waals surface area contributed by atoms with Crippen LogP contribution in [0.4, 0.5) is 0 Å². The Bertz CT molecular complexity index is 479. The third kappa shape index (κ3) is 3.53. The van der Waals surface area contributed by atoms with Crippen molar-refractivity contribution >= 4 is 18.3 Å². The lowest BCUT2D eigenvalue weighted by Crippen LogP contribution is -2.54. The fraction of sp³-hybridized carbons (Fsp3) is 0.562. The molecule has 1 aliphatic heterocycles. The van der Waals surface area contributed by atoms with Gasteiger partial charge < -0.3 is 10.6 Å². The molecule has 2 N–H and O–H groups in total. The first-order chi connectivity index (χ1) is 8.79. The van der Waals surface area contributed by atoms with Gasteiger partial charge in [0.15, 0.2) is 0 Å². The Labute approximate surface area is 127 Å². The van der Waals surface area contributed by atoms with E-state index in [-0.39, 0.29) is 29.8 Å². The average Bonchev–Trinajstić information content (AvgIpc) is 2.30. The quantitative estimate of drug-likeness (QED) is 0.866. The van der Waals surface area contributed by atoms with Gasteiger partial charge in [0.05, 0.1) is 0 Å². The van der Waals surface area contributed by atoms with Crippen LogP contribution >= 0.6 is 12.4 Å². The second-order valence-corrected chi connectivity index (χ2v) is 6.49. The van der Waals surface area contributed by atoms with Crippen LogP contribution in [0.1, 0.15) is 41.8 Å². The molecule has 2 rings (SSSR count). The molecule has 1 fully saturated rings. The number of likely N-dealkylation sites (tertiary alicyclic amines) is 1. The fourth-order valence-electron chi connectivity index (χ4n) is 2.83. The van der Waals surface area contributed by atoms with E-state index in [1.54, 1.807) is 0 Å². The average molecular weight is 297 g/mol. The molecule has 4 heteroatoms. The molecule has 1 aromatic carbocycles. The highest BCUT2D eigenvalue weighted by Crippen LogP contribution is 2.28. The molecule has 0 bridgehead atoms. The molecule has 0 radical (unpaired) electrons. The fourth-order valence-corrected chi connectivity index (χ4v) is 2.83. The molecule has 112 valence electrons. The number of nitrogens with zero attached hydrogens (tertiary/aromatic N) is 1. The van der Waals surface area contributed by atoms with Crippen LogP contribution in [0.15, 0.2) is 18.2 Å². The maximum Gasteiger partial charge on any atom is 0.253 e. The molecule has 1 aromatic rings. The molecule has 0 saturated carbocycles. The number of piperidine rings is 1. The van der Waals surface area contributed by atoms with Gasteiger partial charge in [0, 0.05) is 24.7 Å². The minimum atomic E-state index is -0.00716. The van der Waals surface area contributed by atoms with Crippen LogP contribution in [0.3, 0.4) is 0 Å². The number of carbonyl (C=O) groups is 1. The molecular weight excluding hydrogens is 272 g/mol. The number of benzene rings is 1. The number of hydrogen-bond donors (Lipinski definition) is 1. The van der Waals surface area contributed by atoms with Gasteiger partial charge in [-0.25, -0.2) is 0 Å². The van der Waals surface area contributed by atoms with Gasteiger partial charge in [0.25, 0.3) is 5.91 Å². The lowest BCUT2D eigenvalue weighted by molar-refractivity contribution is 0.0533. The Morgan fingerprint density at radius 2 is 1.80 bits per heavy atom. The van der Waals surface area contributed by atoms with Crippen molar-refractivity contribution in [1.29, 1.82) is 0 Å². The highest BCUT2D eigenvalue weighted by molar-refractivity contribution is 5.94. The van der Waals surface area contributed by atoms with Crippen LogP contribution in [0.25, 0.3) is 0 Å². The van der Waals surface area contributed by atoms with Gasteiger partial charge in [-0.15, -0.1) is 12.4 Å². The van der Waals surface area contributed by atoms with Crippen LogP contribution < -0.4 is 5.73 Å². The molecule has 3 nitrogen and oxygen atoms in total. The Balaban J connectivity index is 0.00000200. The second kappa shape index (κ2) is 6.15. The molecule has 20 heavy (non-hydrogen) atoms. The molecule has 0 spiro atoms. The van der Waals surface area contributed by atoms with E-state index in [1.165, 1.54) is 0 Å². The molecule has 1 atom stereocenters. The first-order valence-electron chi connectivity index (χ1n) is 6.93. The van der Waals surface area contributed by atoms with Crippen molar-refractivity contribution in [3.05, 3.63) is 34.9 Å². The number of halogens is 1. The maximum atomic E-state index is 12.6. The highest BCUT2D eigenvalue weighted by Gasteiger charge is 2.35. The number of hydrogen-bond acceptors (Lipinski definition) is 2. The van der Waals surface area contributed by atoms with Crippen molar-refractivity contribution < 1.29 is 4.79 Å². The number of nitrogens with two attached hydrogens (primary N) is 1. The summed E-state index contributed by atoms with van der Waals surface area (Å²) in [6.07, 6.45) is 0.879. The van der Waals surface area contributed by atoms with Gasteiger partial charge >= 0.3 is 0 Å². The van der Waals surface area contributed by atoms with Crippen molar-refractivity contribution in [2.24, 2.45) is 11.1 Å². The summed E-state index contributed by atoms with van der Waals surface area (Å²) >= 11 is 0. The van der Waals surface area contributed by atoms with Crippen molar-refractivity contribution in [2.75, 3.05) is 13.1 Å². The van der Waals surface area contributed by atoms with Gasteiger partial charge in [-0.1, -0.05) is 31.0 Å². The predicted molar refractivity (Wildman–Crippen MR) is 85.4 cm³/mol. The smallest absolute Gasteiger partial charge is 0.253 e. The van der Waals surface area contributed by atoms with Crippen molar-refractivity contribution in [1.82, 2.24) is 4.90 Å². The van der Waals surface area contributed by atoms with E-state index in [1.807, 2.05) is 30.9 Å². The van der Waals surface area contributed by atoms with Crippen LogP contribution in [0.2, 0.25) is 0 Å². The summed E-state index contributed by atoms with van der Waals surface area (Å²) < 4.78 is 0. The SMILES string of the molecule is Cc1cc(C)cc(C(=O)N2CCC(N)C(C)(C)C2)c1.Cl. The van der Waals surface area contributed by atoms with E-state index in [9.17, 15) is 4.79 Å². The van der Waals surface area contributed by atoms with Crippen molar-refractivity contribution in [2.45, 2.75) is 40.2 Å². The first kappa shape index (κ1) is 17.0. The monoisotopic (exact) mass is 296 g/mol. The molecule has 0 aliphatic carbocycles. The Morgan fingerprint density at radius 1 is 1.25 bits per heavy atom. The minimum absolute atomic E-state index is 0. The number of amides is 1. The summed E-state index contributed by atoms with van der Waals surface area (Å²) in [5.74, 6) is 0.131. The Hall–Kier alpha value is -1.06. The molecular formula is C16H25ClN2O. The van der Waals surface area contributed by atoms with E-state index in [4.69, 9.17) is 5.73 Å². The van der Waals surface area contributed by atoms with Crippen LogP contribution in [-0.4, -0.2) is 29.9 Å². The highest BCUT2D eigenvalue weighted by atomic mass is 35.5. The van der Waals surface area contributed by atoms with E-state index < -0.39 is 0 Å². The van der Waals surface area contributed by atoms with E-state index >= 15 is 0 Å². The third-order valence-electron chi connectivity index (χ3n) is 4.07. The molecule has 1 aliphatic rings. The minimum Gasteiger partial charge on any atom is -0.338 e. The van der Waals surface area contributed by atoms with E-state index in [0.29, 0.717) is 0 Å². The standard InChI is InChI=1S/C16H24N2O.ClH/c1-11-7-12(2)9-13(8-11)15(19)18-6-5-14(17)16(3,4)10-18;/h7-9,14H,5-6,10,17H2,1-4H3;1H. The van der Waals surface area contributed by atoms with Crippen LogP contribution in [-0.2, 0) is 0 Å². The maximum absolute atomic E-state index is 12.6. The van der Waals surface area contributed by atoms with Gasteiger partial charge in [0.2, 0.25) is 0 Å². The summed E-state index contributed by atoms with van der Waals surface area (Å²) in [4.78, 5) is 14.5. The van der Waals surface area contributed by atoms with E-state index in [0.717, 1.165) is 36.2 Å². The summed E-state index contributed by atoms with van der Waals surface area (Å²) in [6, 6.07) is 6.21.